The summed E-state index contributed by atoms with van der Waals surface area (Å²) in [5.41, 5.74) is 2.78. The zero-order valence-electron chi connectivity index (χ0n) is 20.7. The molecule has 5 rings (SSSR count). The van der Waals surface area contributed by atoms with Gasteiger partial charge in [0.25, 0.3) is 5.56 Å². The first-order valence-electron chi connectivity index (χ1n) is 12.9. The fraction of sp³-hybridized carbons (Fsp3) is 0.367. The van der Waals surface area contributed by atoms with Crippen molar-refractivity contribution in [2.75, 3.05) is 5.32 Å². The van der Waals surface area contributed by atoms with Gasteiger partial charge in [-0.1, -0.05) is 60.8 Å². The Morgan fingerprint density at radius 2 is 1.76 bits per heavy atom. The summed E-state index contributed by atoms with van der Waals surface area (Å²) >= 11 is 6.05. The number of nitrogens with zero attached hydrogens (tertiary/aromatic N) is 1. The van der Waals surface area contributed by atoms with Gasteiger partial charge in [-0.15, -0.1) is 0 Å². The molecular weight excluding hydrogens is 488 g/mol. The van der Waals surface area contributed by atoms with Gasteiger partial charge in [0.15, 0.2) is 0 Å². The number of hydrogen-bond donors (Lipinski definition) is 2. The van der Waals surface area contributed by atoms with Crippen LogP contribution in [0.3, 0.4) is 0 Å². The fourth-order valence-corrected chi connectivity index (χ4v) is 5.75. The standard InChI is InChI=1S/C30H31ClN2O4/c31-24-12-13-26(34)33(19-24)18-20-8-10-23(11-9-20)27(22-5-1-2-6-22)28(35)32-25-7-3-4-21(16-25)17-30(14-15-30)29(36)37/h3-4,7-13,16,19,22,27H,1-2,5-6,14-15,17-18H2,(H,32,35)(H,36,37)/t27-/m0/s1. The SMILES string of the molecule is O=C(Nc1cccc(CC2(C(=O)O)CC2)c1)[C@H](c1ccc(Cn2cc(Cl)ccc2=O)cc1)C1CCCC1. The highest BCUT2D eigenvalue weighted by molar-refractivity contribution is 6.30. The number of carbonyl (C=O) groups excluding carboxylic acids is 1. The molecule has 6 nitrogen and oxygen atoms in total. The van der Waals surface area contributed by atoms with Crippen LogP contribution >= 0.6 is 11.6 Å². The average Bonchev–Trinajstić information content (AvgIpc) is 3.46. The van der Waals surface area contributed by atoms with Crippen molar-refractivity contribution in [3.8, 4) is 0 Å². The van der Waals surface area contributed by atoms with Crippen LogP contribution in [0.25, 0.3) is 0 Å². The summed E-state index contributed by atoms with van der Waals surface area (Å²) in [7, 11) is 0. The lowest BCUT2D eigenvalue weighted by atomic mass is 9.83. The van der Waals surface area contributed by atoms with Gasteiger partial charge in [0.05, 0.1) is 22.9 Å². The number of carboxylic acids is 1. The van der Waals surface area contributed by atoms with E-state index in [2.05, 4.69) is 5.32 Å². The average molecular weight is 519 g/mol. The van der Waals surface area contributed by atoms with Crippen LogP contribution in [-0.4, -0.2) is 21.6 Å². The van der Waals surface area contributed by atoms with E-state index in [9.17, 15) is 19.5 Å². The number of hydrogen-bond acceptors (Lipinski definition) is 3. The minimum absolute atomic E-state index is 0.0396. The molecule has 2 aromatic carbocycles. The van der Waals surface area contributed by atoms with E-state index in [0.29, 0.717) is 36.5 Å². The molecule has 1 aromatic heterocycles. The predicted octanol–water partition coefficient (Wildman–Crippen LogP) is 5.87. The lowest BCUT2D eigenvalue weighted by Crippen LogP contribution is -2.26. The second-order valence-corrected chi connectivity index (χ2v) is 11.0. The van der Waals surface area contributed by atoms with Crippen molar-refractivity contribution < 1.29 is 14.7 Å². The van der Waals surface area contributed by atoms with Gasteiger partial charge in [0.1, 0.15) is 0 Å². The fourth-order valence-electron chi connectivity index (χ4n) is 5.57. The van der Waals surface area contributed by atoms with E-state index in [1.54, 1.807) is 16.8 Å². The normalized spacial score (nSPS) is 17.3. The number of pyridine rings is 1. The zero-order valence-corrected chi connectivity index (χ0v) is 21.4. The third-order valence-corrected chi connectivity index (χ3v) is 8.06. The molecule has 1 heterocycles. The second kappa shape index (κ2) is 10.5. The van der Waals surface area contributed by atoms with Gasteiger partial charge in [-0.25, -0.2) is 0 Å². The summed E-state index contributed by atoms with van der Waals surface area (Å²) in [6.45, 7) is 0.407. The molecule has 1 amide bonds. The number of rotatable bonds is 9. The van der Waals surface area contributed by atoms with Crippen LogP contribution in [0.4, 0.5) is 5.69 Å². The molecular formula is C30H31ClN2O4. The molecule has 2 saturated carbocycles. The molecule has 0 radical (unpaired) electrons. The van der Waals surface area contributed by atoms with Crippen molar-refractivity contribution in [2.24, 2.45) is 11.3 Å². The molecule has 192 valence electrons. The lowest BCUT2D eigenvalue weighted by Gasteiger charge is -2.24. The summed E-state index contributed by atoms with van der Waals surface area (Å²) in [6.07, 6.45) is 7.78. The summed E-state index contributed by atoms with van der Waals surface area (Å²) in [5.74, 6) is -0.789. The van der Waals surface area contributed by atoms with E-state index in [1.165, 1.54) is 6.07 Å². The molecule has 0 aliphatic heterocycles. The number of anilines is 1. The number of nitrogens with one attached hydrogen (secondary N) is 1. The van der Waals surface area contributed by atoms with Crippen LogP contribution in [-0.2, 0) is 22.6 Å². The quantitative estimate of drug-likeness (QED) is 0.371. The first kappa shape index (κ1) is 25.3. The molecule has 2 aliphatic carbocycles. The maximum absolute atomic E-state index is 13.6. The Morgan fingerprint density at radius 3 is 2.43 bits per heavy atom. The predicted molar refractivity (Wildman–Crippen MR) is 144 cm³/mol. The minimum atomic E-state index is -0.744. The summed E-state index contributed by atoms with van der Waals surface area (Å²) < 4.78 is 1.57. The number of aromatic nitrogens is 1. The van der Waals surface area contributed by atoms with Gasteiger partial charge in [0, 0.05) is 18.0 Å². The highest BCUT2D eigenvalue weighted by Crippen LogP contribution is 2.48. The molecule has 2 aliphatic rings. The number of carboxylic acid groups (broad SMARTS) is 1. The molecule has 2 fully saturated rings. The molecule has 1 atom stereocenters. The number of amides is 1. The Bertz CT molecular complexity index is 1350. The number of halogens is 1. The molecule has 0 spiro atoms. The minimum Gasteiger partial charge on any atom is -0.481 e. The molecule has 0 unspecified atom stereocenters. The molecule has 0 saturated heterocycles. The lowest BCUT2D eigenvalue weighted by molar-refractivity contribution is -0.143. The van der Waals surface area contributed by atoms with Crippen LogP contribution in [0.1, 0.15) is 61.1 Å². The topological polar surface area (TPSA) is 88.4 Å². The summed E-state index contributed by atoms with van der Waals surface area (Å²) in [5, 5.41) is 13.2. The highest BCUT2D eigenvalue weighted by atomic mass is 35.5. The zero-order chi connectivity index (χ0) is 26.0. The van der Waals surface area contributed by atoms with Gasteiger partial charge in [0.2, 0.25) is 5.91 Å². The van der Waals surface area contributed by atoms with Crippen LogP contribution < -0.4 is 10.9 Å². The molecule has 2 N–H and O–H groups in total. The molecule has 37 heavy (non-hydrogen) atoms. The Morgan fingerprint density at radius 1 is 1.03 bits per heavy atom. The van der Waals surface area contributed by atoms with Crippen molar-refractivity contribution in [2.45, 2.75) is 57.4 Å². The van der Waals surface area contributed by atoms with Crippen LogP contribution in [0, 0.1) is 11.3 Å². The molecule has 0 bridgehead atoms. The summed E-state index contributed by atoms with van der Waals surface area (Å²) in [4.78, 5) is 37.4. The monoisotopic (exact) mass is 518 g/mol. The van der Waals surface area contributed by atoms with Gasteiger partial charge in [-0.3, -0.25) is 14.4 Å². The van der Waals surface area contributed by atoms with Crippen LogP contribution in [0.5, 0.6) is 0 Å². The Balaban J connectivity index is 1.33. The Kier molecular flexibility index (Phi) is 7.20. The van der Waals surface area contributed by atoms with E-state index in [4.69, 9.17) is 11.6 Å². The molecule has 3 aromatic rings. The second-order valence-electron chi connectivity index (χ2n) is 10.5. The third-order valence-electron chi connectivity index (χ3n) is 7.84. The maximum Gasteiger partial charge on any atom is 0.309 e. The number of aliphatic carboxylic acids is 1. The largest absolute Gasteiger partial charge is 0.481 e. The van der Waals surface area contributed by atoms with Gasteiger partial charge < -0.3 is 15.0 Å². The van der Waals surface area contributed by atoms with Crippen molar-refractivity contribution in [3.05, 3.63) is 98.9 Å². The van der Waals surface area contributed by atoms with E-state index in [1.807, 2.05) is 48.5 Å². The number of benzene rings is 2. The Labute approximate surface area is 221 Å². The van der Waals surface area contributed by atoms with Gasteiger partial charge in [-0.2, -0.15) is 0 Å². The first-order chi connectivity index (χ1) is 17.8. The van der Waals surface area contributed by atoms with Crippen LogP contribution in [0.2, 0.25) is 5.02 Å². The first-order valence-corrected chi connectivity index (χ1v) is 13.3. The summed E-state index contributed by atoms with van der Waals surface area (Å²) in [6, 6.07) is 18.5. The van der Waals surface area contributed by atoms with E-state index in [-0.39, 0.29) is 23.3 Å². The van der Waals surface area contributed by atoms with E-state index in [0.717, 1.165) is 42.4 Å². The smallest absolute Gasteiger partial charge is 0.309 e. The number of carbonyl (C=O) groups is 2. The van der Waals surface area contributed by atoms with Gasteiger partial charge in [-0.05, 0) is 72.9 Å². The van der Waals surface area contributed by atoms with E-state index < -0.39 is 11.4 Å². The Hall–Kier alpha value is -3.38. The highest BCUT2D eigenvalue weighted by Gasteiger charge is 2.50. The van der Waals surface area contributed by atoms with Crippen LogP contribution in [0.15, 0.2) is 71.7 Å². The van der Waals surface area contributed by atoms with Crippen molar-refractivity contribution in [3.63, 3.8) is 0 Å². The maximum atomic E-state index is 13.6. The van der Waals surface area contributed by atoms with E-state index >= 15 is 0 Å². The van der Waals surface area contributed by atoms with Crippen molar-refractivity contribution in [1.82, 2.24) is 4.57 Å². The van der Waals surface area contributed by atoms with Gasteiger partial charge >= 0.3 is 5.97 Å². The van der Waals surface area contributed by atoms with Crippen molar-refractivity contribution >= 4 is 29.2 Å². The molecule has 7 heteroatoms. The van der Waals surface area contributed by atoms with Crippen molar-refractivity contribution in [1.29, 1.82) is 0 Å². The third kappa shape index (κ3) is 5.80.